The van der Waals surface area contributed by atoms with E-state index >= 15 is 0 Å². The monoisotopic (exact) mass is 416 g/mol. The van der Waals surface area contributed by atoms with E-state index in [0.717, 1.165) is 12.8 Å². The molecule has 0 radical (unpaired) electrons. The number of nitrogens with zero attached hydrogens (tertiary/aromatic N) is 1. The van der Waals surface area contributed by atoms with E-state index in [0.29, 0.717) is 18.7 Å². The molecule has 1 amide bonds. The van der Waals surface area contributed by atoms with E-state index in [1.165, 1.54) is 40.7 Å². The highest BCUT2D eigenvalue weighted by Crippen LogP contribution is 2.21. The maximum absolute atomic E-state index is 13.4. The van der Waals surface area contributed by atoms with Crippen LogP contribution < -0.4 is 10.1 Å². The molecular weight excluding hydrogens is 395 g/mol. The van der Waals surface area contributed by atoms with Crippen molar-refractivity contribution in [2.24, 2.45) is 0 Å². The first kappa shape index (κ1) is 20.8. The van der Waals surface area contributed by atoms with Crippen LogP contribution in [-0.2, 0) is 10.0 Å². The topological polar surface area (TPSA) is 75.7 Å². The summed E-state index contributed by atoms with van der Waals surface area (Å²) in [5.41, 5.74) is 0.342. The molecule has 3 rings (SSSR count). The number of halogens is 1. The van der Waals surface area contributed by atoms with E-state index in [1.807, 2.05) is 0 Å². The lowest BCUT2D eigenvalue weighted by Crippen LogP contribution is -2.28. The molecule has 1 aliphatic heterocycles. The summed E-state index contributed by atoms with van der Waals surface area (Å²) in [7, 11) is -3.50. The van der Waals surface area contributed by atoms with Crippen molar-refractivity contribution in [2.75, 3.05) is 26.2 Å². The Balaban J connectivity index is 1.48. The number of hydrogen-bond donors (Lipinski definition) is 1. The van der Waals surface area contributed by atoms with E-state index in [2.05, 4.69) is 17.2 Å². The largest absolute Gasteiger partial charge is 0.478 e. The highest BCUT2D eigenvalue weighted by Gasteiger charge is 2.27. The minimum Gasteiger partial charge on any atom is -0.478 e. The lowest BCUT2D eigenvalue weighted by Gasteiger charge is -2.15. The summed E-state index contributed by atoms with van der Waals surface area (Å²) in [6, 6.07) is 11.9. The van der Waals surface area contributed by atoms with Gasteiger partial charge < -0.3 is 10.1 Å². The molecule has 0 aromatic heterocycles. The number of rotatable bonds is 6. The molecule has 8 heteroatoms. The Labute approximate surface area is 169 Å². The zero-order chi connectivity index (χ0) is 20.7. The SMILES string of the molecule is O=C(NCC#CCOc1ccccc1F)c1ccc(S(=O)(=O)N2CCCC2)cc1. The van der Waals surface area contributed by atoms with Crippen molar-refractivity contribution in [3.63, 3.8) is 0 Å². The highest BCUT2D eigenvalue weighted by atomic mass is 32.2. The van der Waals surface area contributed by atoms with Gasteiger partial charge in [-0.05, 0) is 49.2 Å². The number of nitrogens with one attached hydrogen (secondary N) is 1. The molecule has 1 heterocycles. The molecule has 2 aromatic rings. The van der Waals surface area contributed by atoms with Crippen molar-refractivity contribution in [1.82, 2.24) is 9.62 Å². The van der Waals surface area contributed by atoms with Crippen LogP contribution in [0.2, 0.25) is 0 Å². The standard InChI is InChI=1S/C21H21FN2O4S/c22-19-7-1-2-8-20(19)28-16-6-3-13-23-21(25)17-9-11-18(12-10-17)29(26,27)24-14-4-5-15-24/h1-2,7-12H,4-5,13-16H2,(H,23,25). The predicted molar refractivity (Wildman–Crippen MR) is 106 cm³/mol. The van der Waals surface area contributed by atoms with Gasteiger partial charge in [0.05, 0.1) is 11.4 Å². The van der Waals surface area contributed by atoms with Gasteiger partial charge in [-0.15, -0.1) is 0 Å². The second kappa shape index (κ2) is 9.54. The van der Waals surface area contributed by atoms with E-state index in [-0.39, 0.29) is 29.7 Å². The minimum absolute atomic E-state index is 0.000139. The average molecular weight is 416 g/mol. The fourth-order valence-corrected chi connectivity index (χ4v) is 4.39. The van der Waals surface area contributed by atoms with Crippen molar-refractivity contribution >= 4 is 15.9 Å². The molecule has 29 heavy (non-hydrogen) atoms. The number of hydrogen-bond acceptors (Lipinski definition) is 4. The first-order valence-corrected chi connectivity index (χ1v) is 10.6. The summed E-state index contributed by atoms with van der Waals surface area (Å²) in [4.78, 5) is 12.3. The van der Waals surface area contributed by atoms with E-state index in [9.17, 15) is 17.6 Å². The van der Waals surface area contributed by atoms with Gasteiger partial charge in [-0.1, -0.05) is 24.0 Å². The predicted octanol–water partition coefficient (Wildman–Crippen LogP) is 2.42. The molecule has 6 nitrogen and oxygen atoms in total. The third-order valence-corrected chi connectivity index (χ3v) is 6.33. The third kappa shape index (κ3) is 5.34. The summed E-state index contributed by atoms with van der Waals surface area (Å²) in [6.07, 6.45) is 1.73. The zero-order valence-electron chi connectivity index (χ0n) is 15.7. The first-order valence-electron chi connectivity index (χ1n) is 9.20. The molecule has 1 saturated heterocycles. The number of para-hydroxylation sites is 1. The normalized spacial score (nSPS) is 14.1. The molecule has 0 bridgehead atoms. The molecule has 152 valence electrons. The van der Waals surface area contributed by atoms with Crippen LogP contribution in [0, 0.1) is 17.7 Å². The molecule has 1 aliphatic rings. The third-order valence-electron chi connectivity index (χ3n) is 4.42. The van der Waals surface area contributed by atoms with Gasteiger partial charge in [-0.3, -0.25) is 4.79 Å². The Morgan fingerprint density at radius 3 is 2.45 bits per heavy atom. The average Bonchev–Trinajstić information content (AvgIpc) is 3.27. The summed E-state index contributed by atoms with van der Waals surface area (Å²) in [6.45, 7) is 1.15. The second-order valence-corrected chi connectivity index (χ2v) is 8.33. The number of ether oxygens (including phenoxy) is 1. The molecule has 0 unspecified atom stereocenters. The van der Waals surface area contributed by atoms with Crippen molar-refractivity contribution in [2.45, 2.75) is 17.7 Å². The van der Waals surface area contributed by atoms with Crippen molar-refractivity contribution in [3.8, 4) is 17.6 Å². The smallest absolute Gasteiger partial charge is 0.252 e. The van der Waals surface area contributed by atoms with Gasteiger partial charge in [0.2, 0.25) is 10.0 Å². The first-order chi connectivity index (χ1) is 14.0. The second-order valence-electron chi connectivity index (χ2n) is 6.39. The van der Waals surface area contributed by atoms with Gasteiger partial charge in [0.25, 0.3) is 5.91 Å². The molecular formula is C21H21FN2O4S. The van der Waals surface area contributed by atoms with E-state index < -0.39 is 15.8 Å². The van der Waals surface area contributed by atoms with E-state index in [4.69, 9.17) is 4.74 Å². The number of sulfonamides is 1. The molecule has 0 atom stereocenters. The Kier molecular flexibility index (Phi) is 6.86. The minimum atomic E-state index is -3.50. The number of benzene rings is 2. The van der Waals surface area contributed by atoms with Crippen LogP contribution in [0.15, 0.2) is 53.4 Å². The van der Waals surface area contributed by atoms with Crippen LogP contribution in [0.3, 0.4) is 0 Å². The lowest BCUT2D eigenvalue weighted by atomic mass is 10.2. The van der Waals surface area contributed by atoms with Crippen LogP contribution in [0.1, 0.15) is 23.2 Å². The van der Waals surface area contributed by atoms with Crippen LogP contribution in [0.5, 0.6) is 5.75 Å². The molecule has 1 N–H and O–H groups in total. The lowest BCUT2D eigenvalue weighted by molar-refractivity contribution is 0.0958. The van der Waals surface area contributed by atoms with Crippen molar-refractivity contribution < 1.29 is 22.3 Å². The number of carbonyl (C=O) groups excluding carboxylic acids is 1. The van der Waals surface area contributed by atoms with Gasteiger partial charge in [0, 0.05) is 18.7 Å². The van der Waals surface area contributed by atoms with Crippen LogP contribution in [-0.4, -0.2) is 44.9 Å². The van der Waals surface area contributed by atoms with Crippen molar-refractivity contribution in [3.05, 3.63) is 59.9 Å². The van der Waals surface area contributed by atoms with E-state index in [1.54, 1.807) is 12.1 Å². The quantitative estimate of drug-likeness (QED) is 0.734. The molecule has 0 aliphatic carbocycles. The fourth-order valence-electron chi connectivity index (χ4n) is 2.87. The molecule has 1 fully saturated rings. The van der Waals surface area contributed by atoms with Gasteiger partial charge >= 0.3 is 0 Å². The Hall–Kier alpha value is -2.89. The summed E-state index contributed by atoms with van der Waals surface area (Å²) < 4.78 is 45.0. The van der Waals surface area contributed by atoms with Gasteiger partial charge in [0.15, 0.2) is 11.6 Å². The highest BCUT2D eigenvalue weighted by molar-refractivity contribution is 7.89. The van der Waals surface area contributed by atoms with Crippen LogP contribution in [0.25, 0.3) is 0 Å². The fraction of sp³-hybridized carbons (Fsp3) is 0.286. The molecule has 2 aromatic carbocycles. The molecule has 0 saturated carbocycles. The summed E-state index contributed by atoms with van der Waals surface area (Å²) in [5.74, 6) is 4.70. The summed E-state index contributed by atoms with van der Waals surface area (Å²) >= 11 is 0. The van der Waals surface area contributed by atoms with Crippen LogP contribution >= 0.6 is 0 Å². The Morgan fingerprint density at radius 2 is 1.76 bits per heavy atom. The van der Waals surface area contributed by atoms with Gasteiger partial charge in [0.1, 0.15) is 6.61 Å². The van der Waals surface area contributed by atoms with Gasteiger partial charge in [-0.2, -0.15) is 4.31 Å². The number of carbonyl (C=O) groups is 1. The van der Waals surface area contributed by atoms with Crippen molar-refractivity contribution in [1.29, 1.82) is 0 Å². The number of amides is 1. The Morgan fingerprint density at radius 1 is 1.07 bits per heavy atom. The summed E-state index contributed by atoms with van der Waals surface area (Å²) in [5, 5.41) is 2.62. The zero-order valence-corrected chi connectivity index (χ0v) is 16.5. The van der Waals surface area contributed by atoms with Crippen LogP contribution in [0.4, 0.5) is 4.39 Å². The molecule has 0 spiro atoms. The maximum atomic E-state index is 13.4. The van der Waals surface area contributed by atoms with Gasteiger partial charge in [-0.25, -0.2) is 12.8 Å². The maximum Gasteiger partial charge on any atom is 0.252 e. The Bertz CT molecular complexity index is 1020.